The van der Waals surface area contributed by atoms with Crippen LogP contribution in [0.25, 0.3) is 0 Å². The molecule has 0 bridgehead atoms. The summed E-state index contributed by atoms with van der Waals surface area (Å²) in [6, 6.07) is 6.57. The van der Waals surface area contributed by atoms with Crippen LogP contribution < -0.4 is 10.5 Å². The number of fused-ring (bicyclic) bond motifs is 1. The van der Waals surface area contributed by atoms with Crippen LogP contribution >= 0.6 is 0 Å². The fraction of sp³-hybridized carbons (Fsp3) is 0.571. The molecule has 16 heavy (non-hydrogen) atoms. The largest absolute Gasteiger partial charge is 0.491 e. The summed E-state index contributed by atoms with van der Waals surface area (Å²) in [4.78, 5) is 0. The van der Waals surface area contributed by atoms with Crippen molar-refractivity contribution in [3.63, 3.8) is 0 Å². The van der Waals surface area contributed by atoms with E-state index in [1.165, 1.54) is 17.5 Å². The van der Waals surface area contributed by atoms with E-state index in [9.17, 15) is 0 Å². The van der Waals surface area contributed by atoms with Crippen LogP contribution in [0.2, 0.25) is 0 Å². The van der Waals surface area contributed by atoms with Crippen LogP contribution in [-0.2, 0) is 6.42 Å². The number of hydrogen-bond acceptors (Lipinski definition) is 2. The molecule has 2 unspecified atom stereocenters. The van der Waals surface area contributed by atoms with E-state index < -0.39 is 0 Å². The van der Waals surface area contributed by atoms with E-state index in [-0.39, 0.29) is 12.1 Å². The smallest absolute Gasteiger partial charge is 0.120 e. The molecular formula is C14H21NO. The molecule has 0 saturated carbocycles. The number of hydrogen-bond donors (Lipinski definition) is 1. The Morgan fingerprint density at radius 1 is 1.50 bits per heavy atom. The van der Waals surface area contributed by atoms with Gasteiger partial charge in [-0.25, -0.2) is 0 Å². The minimum absolute atomic E-state index is 0.198. The van der Waals surface area contributed by atoms with Crippen LogP contribution in [0, 0.1) is 0 Å². The lowest BCUT2D eigenvalue weighted by Crippen LogP contribution is -2.18. The molecule has 2 N–H and O–H groups in total. The molecule has 2 rings (SSSR count). The zero-order valence-corrected chi connectivity index (χ0v) is 10.2. The van der Waals surface area contributed by atoms with Crippen molar-refractivity contribution in [1.29, 1.82) is 0 Å². The van der Waals surface area contributed by atoms with Crippen LogP contribution in [0.5, 0.6) is 5.75 Å². The summed E-state index contributed by atoms with van der Waals surface area (Å²) in [6.45, 7) is 4.23. The van der Waals surface area contributed by atoms with Crippen molar-refractivity contribution in [3.05, 3.63) is 29.3 Å². The molecule has 0 saturated heterocycles. The Hall–Kier alpha value is -1.02. The standard InChI is InChI=1S/C14H21NO/c1-3-10(2)16-12-8-7-11-5-4-6-14(15)13(11)9-12/h7-10,14H,3-6,15H2,1-2H3. The van der Waals surface area contributed by atoms with Gasteiger partial charge in [0.1, 0.15) is 5.75 Å². The molecule has 0 aromatic heterocycles. The topological polar surface area (TPSA) is 35.2 Å². The molecule has 2 heteroatoms. The van der Waals surface area contributed by atoms with E-state index in [0.29, 0.717) is 0 Å². The lowest BCUT2D eigenvalue weighted by atomic mass is 9.88. The van der Waals surface area contributed by atoms with Gasteiger partial charge in [0.05, 0.1) is 6.10 Å². The molecule has 1 aromatic rings. The van der Waals surface area contributed by atoms with Gasteiger partial charge in [0.25, 0.3) is 0 Å². The van der Waals surface area contributed by atoms with Gasteiger partial charge in [-0.15, -0.1) is 0 Å². The van der Waals surface area contributed by atoms with Crippen molar-refractivity contribution in [2.24, 2.45) is 5.73 Å². The fourth-order valence-corrected chi connectivity index (χ4v) is 2.20. The summed E-state index contributed by atoms with van der Waals surface area (Å²) in [5, 5.41) is 0. The zero-order valence-electron chi connectivity index (χ0n) is 10.2. The maximum atomic E-state index is 6.12. The Morgan fingerprint density at radius 2 is 2.31 bits per heavy atom. The van der Waals surface area contributed by atoms with E-state index in [0.717, 1.165) is 25.0 Å². The van der Waals surface area contributed by atoms with Crippen LogP contribution in [0.1, 0.15) is 50.3 Å². The van der Waals surface area contributed by atoms with Gasteiger partial charge in [0.2, 0.25) is 0 Å². The summed E-state index contributed by atoms with van der Waals surface area (Å²) in [7, 11) is 0. The Morgan fingerprint density at radius 3 is 3.06 bits per heavy atom. The first-order chi connectivity index (χ1) is 7.70. The summed E-state index contributed by atoms with van der Waals surface area (Å²) in [6.07, 6.45) is 4.77. The molecule has 1 aromatic carbocycles. The van der Waals surface area contributed by atoms with E-state index >= 15 is 0 Å². The third-order valence-corrected chi connectivity index (χ3v) is 3.39. The number of ether oxygens (including phenoxy) is 1. The van der Waals surface area contributed by atoms with Crippen LogP contribution in [0.15, 0.2) is 18.2 Å². The molecule has 1 aliphatic rings. The average Bonchev–Trinajstić information content (AvgIpc) is 2.30. The second kappa shape index (κ2) is 4.88. The van der Waals surface area contributed by atoms with Crippen LogP contribution in [0.3, 0.4) is 0 Å². The molecule has 88 valence electrons. The SMILES string of the molecule is CCC(C)Oc1ccc2c(c1)C(N)CCC2. The zero-order chi connectivity index (χ0) is 11.5. The van der Waals surface area contributed by atoms with Gasteiger partial charge in [-0.1, -0.05) is 13.0 Å². The third-order valence-electron chi connectivity index (χ3n) is 3.39. The monoisotopic (exact) mass is 219 g/mol. The molecule has 1 aliphatic carbocycles. The minimum atomic E-state index is 0.198. The van der Waals surface area contributed by atoms with Crippen molar-refractivity contribution in [2.45, 2.75) is 51.7 Å². The number of nitrogens with two attached hydrogens (primary N) is 1. The molecule has 2 atom stereocenters. The molecule has 0 fully saturated rings. The van der Waals surface area contributed by atoms with Crippen LogP contribution in [-0.4, -0.2) is 6.10 Å². The number of rotatable bonds is 3. The second-order valence-corrected chi connectivity index (χ2v) is 4.70. The van der Waals surface area contributed by atoms with Gasteiger partial charge >= 0.3 is 0 Å². The van der Waals surface area contributed by atoms with Crippen LogP contribution in [0.4, 0.5) is 0 Å². The Balaban J connectivity index is 2.20. The summed E-state index contributed by atoms with van der Waals surface area (Å²) >= 11 is 0. The highest BCUT2D eigenvalue weighted by molar-refractivity contribution is 5.39. The van der Waals surface area contributed by atoms with Gasteiger partial charge in [0, 0.05) is 6.04 Å². The van der Waals surface area contributed by atoms with E-state index in [2.05, 4.69) is 32.0 Å². The number of benzene rings is 1. The van der Waals surface area contributed by atoms with Crippen molar-refractivity contribution in [3.8, 4) is 5.75 Å². The Bertz CT molecular complexity index is 362. The van der Waals surface area contributed by atoms with E-state index in [1.807, 2.05) is 0 Å². The highest BCUT2D eigenvalue weighted by atomic mass is 16.5. The molecule has 0 radical (unpaired) electrons. The fourth-order valence-electron chi connectivity index (χ4n) is 2.20. The Kier molecular flexibility index (Phi) is 3.49. The normalized spacial score (nSPS) is 21.3. The van der Waals surface area contributed by atoms with E-state index in [4.69, 9.17) is 10.5 Å². The molecule has 0 amide bonds. The molecule has 0 aliphatic heterocycles. The lowest BCUT2D eigenvalue weighted by molar-refractivity contribution is 0.217. The van der Waals surface area contributed by atoms with Gasteiger partial charge in [-0.05, 0) is 55.9 Å². The summed E-state index contributed by atoms with van der Waals surface area (Å²) in [5.41, 5.74) is 8.81. The molecule has 2 nitrogen and oxygen atoms in total. The number of aryl methyl sites for hydroxylation is 1. The first-order valence-corrected chi connectivity index (χ1v) is 6.25. The van der Waals surface area contributed by atoms with Gasteiger partial charge < -0.3 is 10.5 Å². The summed E-state index contributed by atoms with van der Waals surface area (Å²) < 4.78 is 5.82. The third kappa shape index (κ3) is 2.38. The molecule has 0 spiro atoms. The average molecular weight is 219 g/mol. The first-order valence-electron chi connectivity index (χ1n) is 6.25. The van der Waals surface area contributed by atoms with Crippen molar-refractivity contribution >= 4 is 0 Å². The Labute approximate surface area is 97.8 Å². The predicted octanol–water partition coefficient (Wildman–Crippen LogP) is 3.20. The minimum Gasteiger partial charge on any atom is -0.491 e. The van der Waals surface area contributed by atoms with Crippen molar-refractivity contribution < 1.29 is 4.74 Å². The highest BCUT2D eigenvalue weighted by Crippen LogP contribution is 2.31. The summed E-state index contributed by atoms with van der Waals surface area (Å²) in [5.74, 6) is 0.963. The van der Waals surface area contributed by atoms with Gasteiger partial charge in [-0.2, -0.15) is 0 Å². The first kappa shape index (κ1) is 11.5. The van der Waals surface area contributed by atoms with Crippen molar-refractivity contribution in [2.75, 3.05) is 0 Å². The van der Waals surface area contributed by atoms with Gasteiger partial charge in [0.15, 0.2) is 0 Å². The quantitative estimate of drug-likeness (QED) is 0.847. The molecular weight excluding hydrogens is 198 g/mol. The molecule has 0 heterocycles. The highest BCUT2D eigenvalue weighted by Gasteiger charge is 2.17. The maximum Gasteiger partial charge on any atom is 0.120 e. The van der Waals surface area contributed by atoms with Crippen molar-refractivity contribution in [1.82, 2.24) is 0 Å². The van der Waals surface area contributed by atoms with E-state index in [1.54, 1.807) is 0 Å². The predicted molar refractivity (Wildman–Crippen MR) is 66.7 cm³/mol. The second-order valence-electron chi connectivity index (χ2n) is 4.70. The lowest BCUT2D eigenvalue weighted by Gasteiger charge is -2.23. The maximum absolute atomic E-state index is 6.12. The van der Waals surface area contributed by atoms with Gasteiger partial charge in [-0.3, -0.25) is 0 Å².